The van der Waals surface area contributed by atoms with Crippen LogP contribution in [0.4, 0.5) is 5.69 Å². The fraction of sp³-hybridized carbons (Fsp3) is 0.435. The van der Waals surface area contributed by atoms with E-state index in [2.05, 4.69) is 11.4 Å². The Morgan fingerprint density at radius 2 is 1.89 bits per heavy atom. The van der Waals surface area contributed by atoms with Gasteiger partial charge in [0.15, 0.2) is 11.5 Å². The minimum Gasteiger partial charge on any atom is -0.493 e. The van der Waals surface area contributed by atoms with E-state index in [1.54, 1.807) is 20.3 Å². The first kappa shape index (κ1) is 17.4. The van der Waals surface area contributed by atoms with Crippen LogP contribution in [0.25, 0.3) is 0 Å². The number of para-hydroxylation sites is 1. The van der Waals surface area contributed by atoms with E-state index in [1.165, 1.54) is 24.8 Å². The summed E-state index contributed by atoms with van der Waals surface area (Å²) in [7, 11) is 3.36. The molecule has 0 unspecified atom stereocenters. The minimum absolute atomic E-state index is 0.133. The molecule has 0 radical (unpaired) electrons. The van der Waals surface area contributed by atoms with Crippen LogP contribution in [0.1, 0.15) is 52.7 Å². The second kappa shape index (κ2) is 6.43. The molecule has 2 bridgehead atoms. The van der Waals surface area contributed by atoms with Crippen LogP contribution in [0.3, 0.4) is 0 Å². The Morgan fingerprint density at radius 3 is 2.64 bits per heavy atom. The number of carbonyl (C=O) groups is 1. The molecule has 0 amide bonds. The van der Waals surface area contributed by atoms with Gasteiger partial charge in [0, 0.05) is 11.3 Å². The highest BCUT2D eigenvalue weighted by Crippen LogP contribution is 2.64. The second-order valence-electron chi connectivity index (χ2n) is 8.25. The van der Waals surface area contributed by atoms with Gasteiger partial charge in [-0.25, -0.2) is 4.79 Å². The summed E-state index contributed by atoms with van der Waals surface area (Å²) >= 11 is 0. The van der Waals surface area contributed by atoms with Crippen molar-refractivity contribution < 1.29 is 19.4 Å². The number of methoxy groups -OCH3 is 2. The molecule has 28 heavy (non-hydrogen) atoms. The van der Waals surface area contributed by atoms with Gasteiger partial charge in [0.05, 0.1) is 25.8 Å². The van der Waals surface area contributed by atoms with Crippen LogP contribution in [-0.4, -0.2) is 25.3 Å². The molecule has 3 aliphatic rings. The molecule has 2 aliphatic carbocycles. The quantitative estimate of drug-likeness (QED) is 0.806. The Balaban J connectivity index is 1.65. The lowest BCUT2D eigenvalue weighted by Gasteiger charge is -2.44. The number of anilines is 1. The molecular weight excluding hydrogens is 354 g/mol. The molecule has 1 aliphatic heterocycles. The maximum absolute atomic E-state index is 11.5. The van der Waals surface area contributed by atoms with E-state index < -0.39 is 5.97 Å². The van der Waals surface area contributed by atoms with Crippen molar-refractivity contribution in [1.82, 2.24) is 0 Å². The second-order valence-corrected chi connectivity index (χ2v) is 8.25. The van der Waals surface area contributed by atoms with Gasteiger partial charge in [-0.15, -0.1) is 0 Å². The monoisotopic (exact) mass is 379 g/mol. The zero-order valence-electron chi connectivity index (χ0n) is 16.1. The molecule has 0 saturated heterocycles. The standard InChI is InChI=1S/C23H25NO4/c1-27-18-5-3-4-15(22(18)28-2)21-20-13-7-6-12(10-13)19(20)16-11-14(23(25)26)8-9-17(16)24-21/h3-5,8-9,11-13,19-21,24H,6-7,10H2,1-2H3,(H,25,26)/t12-,13+,19+,20-,21+/m0/s1. The molecular formula is C23H25NO4. The zero-order valence-corrected chi connectivity index (χ0v) is 16.1. The molecule has 2 aromatic rings. The summed E-state index contributed by atoms with van der Waals surface area (Å²) in [6.45, 7) is 0. The third-order valence-corrected chi connectivity index (χ3v) is 7.10. The number of rotatable bonds is 4. The Morgan fingerprint density at radius 1 is 1.07 bits per heavy atom. The molecule has 2 N–H and O–H groups in total. The predicted molar refractivity (Wildman–Crippen MR) is 106 cm³/mol. The average Bonchev–Trinajstić information content (AvgIpc) is 3.34. The van der Waals surface area contributed by atoms with E-state index in [0.29, 0.717) is 29.2 Å². The Kier molecular flexibility index (Phi) is 4.00. The van der Waals surface area contributed by atoms with E-state index in [-0.39, 0.29) is 6.04 Å². The van der Waals surface area contributed by atoms with Crippen molar-refractivity contribution in [2.45, 2.75) is 31.2 Å². The number of fused-ring (bicyclic) bond motifs is 7. The van der Waals surface area contributed by atoms with Gasteiger partial charge in [0.1, 0.15) is 0 Å². The van der Waals surface area contributed by atoms with E-state index in [9.17, 15) is 9.90 Å². The molecule has 5 atom stereocenters. The Hall–Kier alpha value is -2.69. The lowest BCUT2D eigenvalue weighted by atomic mass is 9.67. The summed E-state index contributed by atoms with van der Waals surface area (Å²) in [6, 6.07) is 11.7. The van der Waals surface area contributed by atoms with Gasteiger partial charge in [0.25, 0.3) is 0 Å². The highest BCUT2D eigenvalue weighted by atomic mass is 16.5. The lowest BCUT2D eigenvalue weighted by molar-refractivity contribution is 0.0696. The maximum Gasteiger partial charge on any atom is 0.335 e. The Bertz CT molecular complexity index is 940. The first-order valence-electron chi connectivity index (χ1n) is 9.97. The molecule has 146 valence electrons. The SMILES string of the molecule is COc1cccc([C@H]2Nc3ccc(C(=O)O)cc3[C@H]3[C@H]4CC[C@H](C4)[C@@H]32)c1OC. The van der Waals surface area contributed by atoms with Gasteiger partial charge < -0.3 is 19.9 Å². The number of hydrogen-bond donors (Lipinski definition) is 2. The largest absolute Gasteiger partial charge is 0.493 e. The van der Waals surface area contributed by atoms with Crippen LogP contribution < -0.4 is 14.8 Å². The van der Waals surface area contributed by atoms with E-state index in [4.69, 9.17) is 9.47 Å². The van der Waals surface area contributed by atoms with Crippen LogP contribution in [0.15, 0.2) is 36.4 Å². The van der Waals surface area contributed by atoms with Crippen molar-refractivity contribution in [3.05, 3.63) is 53.1 Å². The van der Waals surface area contributed by atoms with Crippen molar-refractivity contribution in [3.8, 4) is 11.5 Å². The maximum atomic E-state index is 11.5. The number of aromatic carboxylic acids is 1. The van der Waals surface area contributed by atoms with Gasteiger partial charge in [-0.05, 0) is 72.8 Å². The van der Waals surface area contributed by atoms with Gasteiger partial charge >= 0.3 is 5.97 Å². The summed E-state index contributed by atoms with van der Waals surface area (Å²) in [5.41, 5.74) is 3.72. The van der Waals surface area contributed by atoms with Crippen molar-refractivity contribution in [2.24, 2.45) is 17.8 Å². The zero-order chi connectivity index (χ0) is 19.4. The first-order chi connectivity index (χ1) is 13.6. The van der Waals surface area contributed by atoms with E-state index in [0.717, 1.165) is 22.7 Å². The fourth-order valence-corrected chi connectivity index (χ4v) is 6.09. The summed E-state index contributed by atoms with van der Waals surface area (Å²) in [5.74, 6) is 2.80. The topological polar surface area (TPSA) is 67.8 Å². The number of benzene rings is 2. The summed E-state index contributed by atoms with van der Waals surface area (Å²) in [6.07, 6.45) is 3.73. The van der Waals surface area contributed by atoms with Crippen LogP contribution >= 0.6 is 0 Å². The van der Waals surface area contributed by atoms with Gasteiger partial charge in [-0.3, -0.25) is 0 Å². The van der Waals surface area contributed by atoms with Gasteiger partial charge in [-0.2, -0.15) is 0 Å². The Labute approximate surface area is 164 Å². The number of hydrogen-bond acceptors (Lipinski definition) is 4. The van der Waals surface area contributed by atoms with Crippen LogP contribution in [0.2, 0.25) is 0 Å². The fourth-order valence-electron chi connectivity index (χ4n) is 6.09. The minimum atomic E-state index is -0.862. The molecule has 0 spiro atoms. The van der Waals surface area contributed by atoms with Crippen LogP contribution in [-0.2, 0) is 0 Å². The molecule has 1 heterocycles. The summed E-state index contributed by atoms with van der Waals surface area (Å²) < 4.78 is 11.3. The number of carboxylic acids is 1. The van der Waals surface area contributed by atoms with Crippen LogP contribution in [0.5, 0.6) is 11.5 Å². The third kappa shape index (κ3) is 2.42. The summed E-state index contributed by atoms with van der Waals surface area (Å²) in [5, 5.41) is 13.2. The molecule has 5 rings (SSSR count). The molecule has 2 fully saturated rings. The van der Waals surface area contributed by atoms with Gasteiger partial charge in [-0.1, -0.05) is 12.1 Å². The normalized spacial score (nSPS) is 29.6. The van der Waals surface area contributed by atoms with Crippen molar-refractivity contribution in [3.63, 3.8) is 0 Å². The van der Waals surface area contributed by atoms with E-state index >= 15 is 0 Å². The smallest absolute Gasteiger partial charge is 0.335 e. The van der Waals surface area contributed by atoms with E-state index in [1.807, 2.05) is 24.3 Å². The number of ether oxygens (including phenoxy) is 2. The van der Waals surface area contributed by atoms with Crippen molar-refractivity contribution in [2.75, 3.05) is 19.5 Å². The summed E-state index contributed by atoms with van der Waals surface area (Å²) in [4.78, 5) is 11.5. The van der Waals surface area contributed by atoms with Crippen molar-refractivity contribution >= 4 is 11.7 Å². The highest BCUT2D eigenvalue weighted by molar-refractivity contribution is 5.89. The number of carboxylic acid groups (broad SMARTS) is 1. The molecule has 5 nitrogen and oxygen atoms in total. The highest BCUT2D eigenvalue weighted by Gasteiger charge is 2.54. The molecule has 0 aromatic heterocycles. The van der Waals surface area contributed by atoms with Crippen LogP contribution in [0, 0.1) is 17.8 Å². The first-order valence-corrected chi connectivity index (χ1v) is 9.97. The molecule has 2 aromatic carbocycles. The molecule has 2 saturated carbocycles. The lowest BCUT2D eigenvalue weighted by Crippen LogP contribution is -2.35. The van der Waals surface area contributed by atoms with Crippen molar-refractivity contribution in [1.29, 1.82) is 0 Å². The predicted octanol–water partition coefficient (Wildman–Crippen LogP) is 4.70. The van der Waals surface area contributed by atoms with Gasteiger partial charge in [0.2, 0.25) is 0 Å². The molecule has 5 heteroatoms. The number of nitrogens with one attached hydrogen (secondary N) is 1. The average molecular weight is 379 g/mol. The third-order valence-electron chi connectivity index (χ3n) is 7.10.